The Bertz CT molecular complexity index is 826. The summed E-state index contributed by atoms with van der Waals surface area (Å²) < 4.78 is 32.5. The number of hydrogen-bond donors (Lipinski definition) is 0. The normalized spacial score (nSPS) is 25.1. The highest BCUT2D eigenvalue weighted by Crippen LogP contribution is 2.33. The van der Waals surface area contributed by atoms with Crippen LogP contribution < -0.4 is 4.74 Å². The fourth-order valence-electron chi connectivity index (χ4n) is 2.95. The Morgan fingerprint density at radius 3 is 1.94 bits per heavy atom. The molecule has 31 heavy (non-hydrogen) atoms. The van der Waals surface area contributed by atoms with Gasteiger partial charge >= 0.3 is 23.9 Å². The van der Waals surface area contributed by atoms with Gasteiger partial charge in [-0.2, -0.15) is 0 Å². The lowest BCUT2D eigenvalue weighted by Crippen LogP contribution is -2.63. The maximum Gasteiger partial charge on any atom is 0.303 e. The maximum absolute atomic E-state index is 11.8. The molecule has 0 bridgehead atoms. The van der Waals surface area contributed by atoms with Gasteiger partial charge in [0.15, 0.2) is 12.2 Å². The third-order valence-corrected chi connectivity index (χ3v) is 4.34. The minimum Gasteiger partial charge on any atom is -0.463 e. The van der Waals surface area contributed by atoms with Crippen LogP contribution in [0.4, 0.5) is 0 Å². The minimum absolute atomic E-state index is 0.199. The monoisotopic (exact) mass is 458 g/mol. The summed E-state index contributed by atoms with van der Waals surface area (Å²) >= 11 is 6.14. The summed E-state index contributed by atoms with van der Waals surface area (Å²) in [6.07, 6.45) is -6.32. The first-order chi connectivity index (χ1) is 14.6. The summed E-state index contributed by atoms with van der Waals surface area (Å²) in [5.41, 5.74) is 0. The van der Waals surface area contributed by atoms with E-state index in [-0.39, 0.29) is 17.4 Å². The molecule has 1 aliphatic rings. The molecule has 1 aromatic rings. The summed E-state index contributed by atoms with van der Waals surface area (Å²) in [6, 6.07) is 6.47. The molecule has 0 saturated carbocycles. The number of esters is 4. The average Bonchev–Trinajstić information content (AvgIpc) is 2.65. The van der Waals surface area contributed by atoms with Crippen molar-refractivity contribution in [2.24, 2.45) is 0 Å². The number of para-hydroxylation sites is 1. The number of hydrogen-bond acceptors (Lipinski definition) is 10. The number of rotatable bonds is 7. The van der Waals surface area contributed by atoms with Gasteiger partial charge in [-0.3, -0.25) is 19.2 Å². The first kappa shape index (κ1) is 24.4. The summed E-state index contributed by atoms with van der Waals surface area (Å²) in [5, 5.41) is 0.246. The van der Waals surface area contributed by atoms with Crippen molar-refractivity contribution in [2.45, 2.75) is 58.4 Å². The third-order valence-electron chi connectivity index (χ3n) is 4.03. The molecule has 1 aromatic carbocycles. The summed E-state index contributed by atoms with van der Waals surface area (Å²) in [7, 11) is 0. The fraction of sp³-hybridized carbons (Fsp3) is 0.500. The number of carbonyl (C=O) groups excluding carboxylic acids is 4. The highest BCUT2D eigenvalue weighted by Gasteiger charge is 2.53. The molecule has 0 unspecified atom stereocenters. The van der Waals surface area contributed by atoms with Gasteiger partial charge in [-0.15, -0.1) is 0 Å². The van der Waals surface area contributed by atoms with Crippen LogP contribution >= 0.6 is 11.6 Å². The van der Waals surface area contributed by atoms with Crippen molar-refractivity contribution in [1.29, 1.82) is 0 Å². The predicted octanol–water partition coefficient (Wildman–Crippen LogP) is 1.80. The molecule has 1 fully saturated rings. The number of ether oxygens (including phenoxy) is 6. The van der Waals surface area contributed by atoms with E-state index < -0.39 is 54.6 Å². The van der Waals surface area contributed by atoms with Crippen LogP contribution in [0.25, 0.3) is 0 Å². The van der Waals surface area contributed by atoms with Gasteiger partial charge in [-0.05, 0) is 12.1 Å². The highest BCUT2D eigenvalue weighted by atomic mass is 35.5. The summed E-state index contributed by atoms with van der Waals surface area (Å²) in [6.45, 7) is 4.26. The Hall–Kier alpha value is -2.85. The summed E-state index contributed by atoms with van der Waals surface area (Å²) in [4.78, 5) is 46.5. The molecular formula is C20H23ClO10. The Balaban J connectivity index is 2.46. The van der Waals surface area contributed by atoms with Gasteiger partial charge in [-0.1, -0.05) is 23.7 Å². The van der Waals surface area contributed by atoms with Gasteiger partial charge in [-0.25, -0.2) is 0 Å². The standard InChI is InChI=1S/C20H23ClO10/c1-10(22)26-9-16-17(27-11(2)23)18(28-12(3)24)19(29-13(4)25)20(31-16)30-15-8-6-5-7-14(15)21/h5-8,16-20H,9H2,1-4H3/t16-,17-,18+,19-,20+/m1/s1. The lowest BCUT2D eigenvalue weighted by Gasteiger charge is -2.43. The van der Waals surface area contributed by atoms with Gasteiger partial charge in [0.1, 0.15) is 18.5 Å². The molecule has 0 aromatic heterocycles. The van der Waals surface area contributed by atoms with Crippen LogP contribution in [0.5, 0.6) is 5.75 Å². The third kappa shape index (κ3) is 7.11. The van der Waals surface area contributed by atoms with E-state index in [2.05, 4.69) is 0 Å². The van der Waals surface area contributed by atoms with Crippen molar-refractivity contribution >= 4 is 35.5 Å². The van der Waals surface area contributed by atoms with E-state index in [4.69, 9.17) is 40.0 Å². The first-order valence-corrected chi connectivity index (χ1v) is 9.68. The molecule has 10 nitrogen and oxygen atoms in total. The molecule has 0 N–H and O–H groups in total. The molecule has 0 aliphatic carbocycles. The molecule has 1 aliphatic heterocycles. The average molecular weight is 459 g/mol. The lowest BCUT2D eigenvalue weighted by molar-refractivity contribution is -0.288. The van der Waals surface area contributed by atoms with Gasteiger partial charge in [0.25, 0.3) is 0 Å². The van der Waals surface area contributed by atoms with E-state index in [0.29, 0.717) is 0 Å². The highest BCUT2D eigenvalue weighted by molar-refractivity contribution is 6.32. The molecule has 0 amide bonds. The molecule has 170 valence electrons. The SMILES string of the molecule is CC(=O)OC[C@H]1O[C@H](Oc2ccccc2Cl)[C@H](OC(C)=O)[C@@H](OC(C)=O)[C@@H]1OC(C)=O. The van der Waals surface area contributed by atoms with Crippen LogP contribution in [-0.4, -0.2) is 61.2 Å². The second-order valence-electron chi connectivity index (χ2n) is 6.62. The molecule has 0 radical (unpaired) electrons. The van der Waals surface area contributed by atoms with Crippen LogP contribution in [0.15, 0.2) is 24.3 Å². The van der Waals surface area contributed by atoms with Gasteiger partial charge in [0, 0.05) is 27.7 Å². The number of benzene rings is 1. The molecule has 2 rings (SSSR count). The smallest absolute Gasteiger partial charge is 0.303 e. The first-order valence-electron chi connectivity index (χ1n) is 9.30. The Labute approximate surface area is 183 Å². The minimum atomic E-state index is -1.33. The zero-order valence-electron chi connectivity index (χ0n) is 17.4. The largest absolute Gasteiger partial charge is 0.463 e. The van der Waals surface area contributed by atoms with E-state index in [1.807, 2.05) is 0 Å². The second-order valence-corrected chi connectivity index (χ2v) is 7.02. The molecule has 11 heteroatoms. The van der Waals surface area contributed by atoms with E-state index >= 15 is 0 Å². The van der Waals surface area contributed by atoms with Crippen LogP contribution in [0, 0.1) is 0 Å². The van der Waals surface area contributed by atoms with Crippen LogP contribution in [-0.2, 0) is 42.9 Å². The molecule has 1 saturated heterocycles. The quantitative estimate of drug-likeness (QED) is 0.441. The molecule has 0 spiro atoms. The second kappa shape index (κ2) is 11.0. The predicted molar refractivity (Wildman–Crippen MR) is 104 cm³/mol. The van der Waals surface area contributed by atoms with Crippen molar-refractivity contribution in [3.05, 3.63) is 29.3 Å². The van der Waals surface area contributed by atoms with E-state index in [1.165, 1.54) is 6.92 Å². The van der Waals surface area contributed by atoms with Crippen molar-refractivity contribution < 1.29 is 47.6 Å². The molecule has 1 heterocycles. The van der Waals surface area contributed by atoms with Crippen LogP contribution in [0.3, 0.4) is 0 Å². The lowest BCUT2D eigenvalue weighted by atomic mass is 9.98. The van der Waals surface area contributed by atoms with E-state index in [9.17, 15) is 19.2 Å². The van der Waals surface area contributed by atoms with Crippen molar-refractivity contribution in [1.82, 2.24) is 0 Å². The maximum atomic E-state index is 11.8. The number of halogens is 1. The Morgan fingerprint density at radius 1 is 0.839 bits per heavy atom. The van der Waals surface area contributed by atoms with Crippen molar-refractivity contribution in [3.63, 3.8) is 0 Å². The zero-order chi connectivity index (χ0) is 23.1. The molecule has 5 atom stereocenters. The topological polar surface area (TPSA) is 124 Å². The van der Waals surface area contributed by atoms with Gasteiger partial charge < -0.3 is 28.4 Å². The van der Waals surface area contributed by atoms with E-state index in [0.717, 1.165) is 20.8 Å². The zero-order valence-corrected chi connectivity index (χ0v) is 18.1. The van der Waals surface area contributed by atoms with Crippen molar-refractivity contribution in [2.75, 3.05) is 6.61 Å². The Kier molecular flexibility index (Phi) is 8.64. The molecular weight excluding hydrogens is 436 g/mol. The number of carbonyl (C=O) groups is 4. The van der Waals surface area contributed by atoms with Gasteiger partial charge in [0.2, 0.25) is 12.4 Å². The van der Waals surface area contributed by atoms with Crippen molar-refractivity contribution in [3.8, 4) is 5.75 Å². The van der Waals surface area contributed by atoms with Crippen LogP contribution in [0.2, 0.25) is 5.02 Å². The van der Waals surface area contributed by atoms with Gasteiger partial charge in [0.05, 0.1) is 5.02 Å². The van der Waals surface area contributed by atoms with Crippen LogP contribution in [0.1, 0.15) is 27.7 Å². The van der Waals surface area contributed by atoms with E-state index in [1.54, 1.807) is 24.3 Å². The summed E-state index contributed by atoms with van der Waals surface area (Å²) in [5.74, 6) is -2.59. The fourth-order valence-corrected chi connectivity index (χ4v) is 3.13. The Morgan fingerprint density at radius 2 is 1.39 bits per heavy atom.